The number of nitriles is 1. The SMILES string of the molecule is N#Cc1ccc(CSc2nnc(NC(=O)CCNC(=O)c3ccsc3)s2)cc1. The normalized spacial score (nSPS) is 10.2. The van der Waals surface area contributed by atoms with E-state index in [2.05, 4.69) is 26.9 Å². The number of aromatic nitrogens is 2. The van der Waals surface area contributed by atoms with Crippen molar-refractivity contribution in [2.24, 2.45) is 0 Å². The first-order valence-electron chi connectivity index (χ1n) is 8.19. The second-order valence-electron chi connectivity index (χ2n) is 5.54. The number of hydrogen-bond donors (Lipinski definition) is 2. The zero-order valence-electron chi connectivity index (χ0n) is 14.5. The Morgan fingerprint density at radius 1 is 1.18 bits per heavy atom. The zero-order chi connectivity index (χ0) is 19.8. The summed E-state index contributed by atoms with van der Waals surface area (Å²) in [7, 11) is 0. The molecule has 0 unspecified atom stereocenters. The van der Waals surface area contributed by atoms with Crippen molar-refractivity contribution < 1.29 is 9.59 Å². The maximum absolute atomic E-state index is 12.0. The lowest BCUT2D eigenvalue weighted by atomic mass is 10.2. The summed E-state index contributed by atoms with van der Waals surface area (Å²) in [6.07, 6.45) is 0.156. The van der Waals surface area contributed by atoms with E-state index >= 15 is 0 Å². The summed E-state index contributed by atoms with van der Waals surface area (Å²) in [5, 5.41) is 26.2. The lowest BCUT2D eigenvalue weighted by Gasteiger charge is -2.03. The number of thioether (sulfide) groups is 1. The molecule has 0 radical (unpaired) electrons. The first-order valence-corrected chi connectivity index (χ1v) is 10.9. The van der Waals surface area contributed by atoms with Crippen molar-refractivity contribution in [3.8, 4) is 6.07 Å². The second kappa shape index (κ2) is 9.98. The van der Waals surface area contributed by atoms with Crippen LogP contribution in [-0.2, 0) is 10.5 Å². The molecule has 10 heteroatoms. The lowest BCUT2D eigenvalue weighted by molar-refractivity contribution is -0.116. The molecule has 0 spiro atoms. The fourth-order valence-electron chi connectivity index (χ4n) is 2.11. The van der Waals surface area contributed by atoms with Gasteiger partial charge in [0.15, 0.2) is 4.34 Å². The molecule has 0 aliphatic carbocycles. The Kier molecular flexibility index (Phi) is 7.13. The predicted molar refractivity (Wildman–Crippen MR) is 111 cm³/mol. The van der Waals surface area contributed by atoms with Gasteiger partial charge in [-0.25, -0.2) is 0 Å². The number of thiophene rings is 1. The van der Waals surface area contributed by atoms with Gasteiger partial charge in [0.1, 0.15) is 0 Å². The Bertz CT molecular complexity index is 978. The average molecular weight is 430 g/mol. The Balaban J connectivity index is 1.40. The van der Waals surface area contributed by atoms with E-state index in [9.17, 15) is 9.59 Å². The molecule has 2 amide bonds. The molecular formula is C18H15N5O2S3. The molecular weight excluding hydrogens is 414 g/mol. The molecule has 2 N–H and O–H groups in total. The van der Waals surface area contributed by atoms with Crippen LogP contribution in [0.4, 0.5) is 5.13 Å². The van der Waals surface area contributed by atoms with Gasteiger partial charge in [-0.2, -0.15) is 16.6 Å². The van der Waals surface area contributed by atoms with E-state index in [-0.39, 0.29) is 24.8 Å². The third kappa shape index (κ3) is 5.88. The van der Waals surface area contributed by atoms with E-state index in [4.69, 9.17) is 5.26 Å². The highest BCUT2D eigenvalue weighted by atomic mass is 32.2. The Labute approximate surface area is 173 Å². The standard InChI is InChI=1S/C18H15N5O2S3/c19-9-12-1-3-13(4-2-12)10-27-18-23-22-17(28-18)21-15(24)5-7-20-16(25)14-6-8-26-11-14/h1-4,6,8,11H,5,7,10H2,(H,20,25)(H,21,22,24). The smallest absolute Gasteiger partial charge is 0.252 e. The van der Waals surface area contributed by atoms with Crippen LogP contribution in [0.15, 0.2) is 45.4 Å². The fraction of sp³-hybridized carbons (Fsp3) is 0.167. The number of nitrogens with zero attached hydrogens (tertiary/aromatic N) is 3. The maximum atomic E-state index is 12.0. The number of hydrogen-bond acceptors (Lipinski definition) is 8. The number of rotatable bonds is 8. The van der Waals surface area contributed by atoms with Crippen LogP contribution in [-0.4, -0.2) is 28.6 Å². The summed E-state index contributed by atoms with van der Waals surface area (Å²) in [5.41, 5.74) is 2.30. The van der Waals surface area contributed by atoms with Gasteiger partial charge in [0.25, 0.3) is 5.91 Å². The Morgan fingerprint density at radius 2 is 2.00 bits per heavy atom. The van der Waals surface area contributed by atoms with Gasteiger partial charge in [-0.15, -0.1) is 10.2 Å². The first-order chi connectivity index (χ1) is 13.6. The molecule has 0 aliphatic rings. The molecule has 28 heavy (non-hydrogen) atoms. The summed E-state index contributed by atoms with van der Waals surface area (Å²) >= 11 is 4.25. The van der Waals surface area contributed by atoms with Gasteiger partial charge in [0.2, 0.25) is 11.0 Å². The van der Waals surface area contributed by atoms with Gasteiger partial charge in [-0.1, -0.05) is 35.2 Å². The summed E-state index contributed by atoms with van der Waals surface area (Å²) in [4.78, 5) is 23.8. The second-order valence-corrected chi connectivity index (χ2v) is 8.52. The third-order valence-corrected chi connectivity index (χ3v) is 6.25. The van der Waals surface area contributed by atoms with Crippen molar-refractivity contribution in [1.82, 2.24) is 15.5 Å². The molecule has 0 bridgehead atoms. The molecule has 142 valence electrons. The number of carbonyl (C=O) groups excluding carboxylic acids is 2. The van der Waals surface area contributed by atoms with Gasteiger partial charge in [-0.3, -0.25) is 9.59 Å². The lowest BCUT2D eigenvalue weighted by Crippen LogP contribution is -2.27. The Morgan fingerprint density at radius 3 is 2.71 bits per heavy atom. The van der Waals surface area contributed by atoms with Crippen molar-refractivity contribution >= 4 is 51.4 Å². The van der Waals surface area contributed by atoms with Gasteiger partial charge < -0.3 is 10.6 Å². The topological polar surface area (TPSA) is 108 Å². The van der Waals surface area contributed by atoms with Gasteiger partial charge >= 0.3 is 0 Å². The summed E-state index contributed by atoms with van der Waals surface area (Å²) < 4.78 is 0.741. The minimum Gasteiger partial charge on any atom is -0.351 e. The monoisotopic (exact) mass is 429 g/mol. The molecule has 0 saturated carbocycles. The molecule has 0 atom stereocenters. The summed E-state index contributed by atoms with van der Waals surface area (Å²) in [6.45, 7) is 0.250. The minimum atomic E-state index is -0.231. The van der Waals surface area contributed by atoms with Gasteiger partial charge in [-0.05, 0) is 29.1 Å². The van der Waals surface area contributed by atoms with E-state index in [1.165, 1.54) is 34.4 Å². The molecule has 3 rings (SSSR count). The molecule has 1 aromatic carbocycles. The molecule has 2 aromatic heterocycles. The van der Waals surface area contributed by atoms with E-state index in [1.807, 2.05) is 17.5 Å². The average Bonchev–Trinajstić information content (AvgIpc) is 3.39. The number of carbonyl (C=O) groups is 2. The number of benzene rings is 1. The van der Waals surface area contributed by atoms with Crippen molar-refractivity contribution in [2.45, 2.75) is 16.5 Å². The quantitative estimate of drug-likeness (QED) is 0.419. The predicted octanol–water partition coefficient (Wildman–Crippen LogP) is 3.52. The Hall–Kier alpha value is -2.74. The van der Waals surface area contributed by atoms with Crippen LogP contribution in [0.3, 0.4) is 0 Å². The van der Waals surface area contributed by atoms with Crippen LogP contribution in [0, 0.1) is 11.3 Å². The molecule has 0 saturated heterocycles. The van der Waals surface area contributed by atoms with Crippen LogP contribution in [0.5, 0.6) is 0 Å². The third-order valence-electron chi connectivity index (χ3n) is 3.52. The van der Waals surface area contributed by atoms with E-state index < -0.39 is 0 Å². The number of nitrogens with one attached hydrogen (secondary N) is 2. The summed E-state index contributed by atoms with van der Waals surface area (Å²) in [6, 6.07) is 11.2. The molecule has 0 aliphatic heterocycles. The molecule has 7 nitrogen and oxygen atoms in total. The van der Waals surface area contributed by atoms with Crippen LogP contribution in [0.1, 0.15) is 27.9 Å². The largest absolute Gasteiger partial charge is 0.351 e. The highest BCUT2D eigenvalue weighted by molar-refractivity contribution is 8.00. The first kappa shape index (κ1) is 20.0. The van der Waals surface area contributed by atoms with E-state index in [0.717, 1.165) is 9.90 Å². The number of anilines is 1. The van der Waals surface area contributed by atoms with Crippen molar-refractivity contribution in [3.63, 3.8) is 0 Å². The fourth-order valence-corrected chi connectivity index (χ4v) is 4.47. The molecule has 0 fully saturated rings. The highest BCUT2D eigenvalue weighted by Gasteiger charge is 2.10. The zero-order valence-corrected chi connectivity index (χ0v) is 17.0. The minimum absolute atomic E-state index is 0.156. The van der Waals surface area contributed by atoms with Gasteiger partial charge in [0.05, 0.1) is 11.6 Å². The van der Waals surface area contributed by atoms with Crippen molar-refractivity contribution in [2.75, 3.05) is 11.9 Å². The van der Waals surface area contributed by atoms with Crippen LogP contribution in [0.25, 0.3) is 0 Å². The van der Waals surface area contributed by atoms with Crippen LogP contribution < -0.4 is 10.6 Å². The van der Waals surface area contributed by atoms with Crippen LogP contribution >= 0.6 is 34.4 Å². The number of amides is 2. The van der Waals surface area contributed by atoms with Crippen molar-refractivity contribution in [1.29, 1.82) is 5.26 Å². The molecule has 3 aromatic rings. The van der Waals surface area contributed by atoms with Gasteiger partial charge in [0, 0.05) is 29.7 Å². The van der Waals surface area contributed by atoms with Crippen LogP contribution in [0.2, 0.25) is 0 Å². The maximum Gasteiger partial charge on any atom is 0.252 e. The highest BCUT2D eigenvalue weighted by Crippen LogP contribution is 2.28. The van der Waals surface area contributed by atoms with Crippen molar-refractivity contribution in [3.05, 3.63) is 57.8 Å². The van der Waals surface area contributed by atoms with E-state index in [0.29, 0.717) is 22.0 Å². The summed E-state index contributed by atoms with van der Waals surface area (Å²) in [5.74, 6) is 0.278. The molecule has 2 heterocycles. The van der Waals surface area contributed by atoms with E-state index in [1.54, 1.807) is 23.6 Å².